The summed E-state index contributed by atoms with van der Waals surface area (Å²) in [5.74, 6) is 0.0771. The van der Waals surface area contributed by atoms with E-state index in [2.05, 4.69) is 39.6 Å². The number of carbonyl (C=O) groups excluding carboxylic acids is 2. The van der Waals surface area contributed by atoms with E-state index in [0.717, 1.165) is 23.7 Å². The van der Waals surface area contributed by atoms with E-state index in [0.29, 0.717) is 50.8 Å². The van der Waals surface area contributed by atoms with Crippen LogP contribution in [0.3, 0.4) is 0 Å². The minimum absolute atomic E-state index is 0.168. The number of morpholine rings is 1. The maximum Gasteiger partial charge on any atom is 0.263 e. The number of amides is 2. The zero-order chi connectivity index (χ0) is 27.8. The van der Waals surface area contributed by atoms with Gasteiger partial charge in [-0.15, -0.1) is 0 Å². The summed E-state index contributed by atoms with van der Waals surface area (Å²) in [7, 11) is -1.45. The fourth-order valence-electron chi connectivity index (χ4n) is 6.76. The Morgan fingerprint density at radius 2 is 1.77 bits per heavy atom. The summed E-state index contributed by atoms with van der Waals surface area (Å²) < 4.78 is 22.9. The number of hydrogen-bond acceptors (Lipinski definition) is 4. The van der Waals surface area contributed by atoms with Gasteiger partial charge >= 0.3 is 0 Å². The average molecular weight is 562 g/mol. The van der Waals surface area contributed by atoms with Gasteiger partial charge in [-0.3, -0.25) is 14.3 Å². The summed E-state index contributed by atoms with van der Waals surface area (Å²) in [6.45, 7) is 6.62. The first kappa shape index (κ1) is 27.2. The van der Waals surface area contributed by atoms with Crippen molar-refractivity contribution in [2.24, 2.45) is 5.92 Å². The van der Waals surface area contributed by atoms with Crippen LogP contribution in [0.5, 0.6) is 0 Å². The Kier molecular flexibility index (Phi) is 7.82. The van der Waals surface area contributed by atoms with Crippen molar-refractivity contribution >= 4 is 33.7 Å². The number of ether oxygens (including phenoxy) is 1. The number of nitrogens with zero attached hydrogens (tertiary/aromatic N) is 2. The maximum atomic E-state index is 13.9. The van der Waals surface area contributed by atoms with Crippen LogP contribution < -0.4 is 4.72 Å². The molecule has 2 unspecified atom stereocenters. The van der Waals surface area contributed by atoms with Gasteiger partial charge in [0.25, 0.3) is 5.91 Å². The molecule has 0 spiro atoms. The fourth-order valence-corrected chi connectivity index (χ4v) is 7.29. The van der Waals surface area contributed by atoms with Crippen molar-refractivity contribution in [1.82, 2.24) is 14.2 Å². The number of benzene rings is 2. The van der Waals surface area contributed by atoms with Gasteiger partial charge in [-0.1, -0.05) is 49.6 Å². The molecule has 0 bridgehead atoms. The zero-order valence-electron chi connectivity index (χ0n) is 23.5. The molecule has 8 heteroatoms. The van der Waals surface area contributed by atoms with E-state index in [1.165, 1.54) is 41.6 Å². The monoisotopic (exact) mass is 561 g/mol. The number of fused-ring (bicyclic) bond motifs is 5. The van der Waals surface area contributed by atoms with Gasteiger partial charge in [-0.2, -0.15) is 0 Å². The molecule has 2 fully saturated rings. The van der Waals surface area contributed by atoms with Crippen molar-refractivity contribution < 1.29 is 18.5 Å². The molecule has 3 heterocycles. The molecule has 3 aromatic rings. The Morgan fingerprint density at radius 1 is 1.02 bits per heavy atom. The lowest BCUT2D eigenvalue weighted by Gasteiger charge is -2.30. The minimum atomic E-state index is -1.45. The standard InChI is InChI=1S/C32H39N3O4S/c1-21(2)40(38)33-31(36)24-12-13-27-28(19-24)35-20-25(32(37)34-14-16-39-17-15-34)18-23-10-6-7-11-26(23)30(35)29(27)22-8-4-3-5-9-22/h6-7,10-13,19,21-22,25H,3-5,8-9,14-18,20H2,1-2H3,(H,33,36). The molecule has 0 radical (unpaired) electrons. The fraction of sp³-hybridized carbons (Fsp3) is 0.500. The van der Waals surface area contributed by atoms with Gasteiger partial charge in [0.2, 0.25) is 5.91 Å². The van der Waals surface area contributed by atoms with Gasteiger partial charge in [0.15, 0.2) is 0 Å². The molecule has 1 aromatic heterocycles. The van der Waals surface area contributed by atoms with Crippen molar-refractivity contribution in [1.29, 1.82) is 0 Å². The van der Waals surface area contributed by atoms with E-state index >= 15 is 0 Å². The first-order valence-electron chi connectivity index (χ1n) is 14.7. The molecular weight excluding hydrogens is 522 g/mol. The zero-order valence-corrected chi connectivity index (χ0v) is 24.3. The van der Waals surface area contributed by atoms with Crippen molar-refractivity contribution in [3.05, 3.63) is 59.2 Å². The normalized spacial score (nSPS) is 20.6. The third-order valence-corrected chi connectivity index (χ3v) is 10.1. The van der Waals surface area contributed by atoms with Crippen molar-refractivity contribution in [3.8, 4) is 11.3 Å². The third-order valence-electron chi connectivity index (χ3n) is 8.81. The molecule has 6 rings (SSSR count). The Morgan fingerprint density at radius 3 is 2.52 bits per heavy atom. The first-order valence-corrected chi connectivity index (χ1v) is 16.0. The predicted octanol–water partition coefficient (Wildman–Crippen LogP) is 5.19. The highest BCUT2D eigenvalue weighted by molar-refractivity contribution is 7.84. The topological polar surface area (TPSA) is 80.6 Å². The molecule has 1 N–H and O–H groups in total. The second-order valence-electron chi connectivity index (χ2n) is 11.7. The Labute approximate surface area is 238 Å². The van der Waals surface area contributed by atoms with Crippen LogP contribution in [0.2, 0.25) is 0 Å². The molecule has 7 nitrogen and oxygen atoms in total. The Hall–Kier alpha value is -2.97. The van der Waals surface area contributed by atoms with Crippen LogP contribution in [-0.4, -0.2) is 57.0 Å². The molecule has 1 saturated heterocycles. The summed E-state index contributed by atoms with van der Waals surface area (Å²) in [6, 6.07) is 14.4. The highest BCUT2D eigenvalue weighted by Gasteiger charge is 2.34. The van der Waals surface area contributed by atoms with Crippen LogP contribution in [0.15, 0.2) is 42.5 Å². The van der Waals surface area contributed by atoms with Crippen LogP contribution in [0.1, 0.15) is 73.4 Å². The lowest BCUT2D eigenvalue weighted by molar-refractivity contribution is -0.140. The van der Waals surface area contributed by atoms with E-state index in [4.69, 9.17) is 4.74 Å². The highest BCUT2D eigenvalue weighted by Crippen LogP contribution is 2.46. The molecule has 2 aliphatic heterocycles. The Bertz CT molecular complexity index is 1450. The van der Waals surface area contributed by atoms with Gasteiger partial charge in [0.05, 0.1) is 24.8 Å². The molecular formula is C32H39N3O4S. The molecule has 3 aliphatic rings. The molecule has 2 atom stereocenters. The lowest BCUT2D eigenvalue weighted by Crippen LogP contribution is -2.45. The van der Waals surface area contributed by atoms with E-state index < -0.39 is 11.0 Å². The molecule has 212 valence electrons. The van der Waals surface area contributed by atoms with Gasteiger partial charge in [0, 0.05) is 46.9 Å². The van der Waals surface area contributed by atoms with Gasteiger partial charge in [-0.05, 0) is 62.3 Å². The van der Waals surface area contributed by atoms with Crippen LogP contribution in [-0.2, 0) is 33.5 Å². The van der Waals surface area contributed by atoms with E-state index in [1.807, 2.05) is 30.9 Å². The summed E-state index contributed by atoms with van der Waals surface area (Å²) in [5.41, 5.74) is 6.44. The molecule has 2 aromatic carbocycles. The maximum absolute atomic E-state index is 13.9. The van der Waals surface area contributed by atoms with Crippen LogP contribution >= 0.6 is 0 Å². The number of aromatic nitrogens is 1. The van der Waals surface area contributed by atoms with Crippen LogP contribution in [0.4, 0.5) is 0 Å². The smallest absolute Gasteiger partial charge is 0.263 e. The largest absolute Gasteiger partial charge is 0.378 e. The second kappa shape index (κ2) is 11.5. The van der Waals surface area contributed by atoms with E-state index in [-0.39, 0.29) is 23.0 Å². The van der Waals surface area contributed by atoms with E-state index in [1.54, 1.807) is 0 Å². The summed E-state index contributed by atoms with van der Waals surface area (Å²) >= 11 is 0. The van der Waals surface area contributed by atoms with Crippen LogP contribution in [0.25, 0.3) is 22.2 Å². The van der Waals surface area contributed by atoms with E-state index in [9.17, 15) is 13.8 Å². The molecule has 2 amide bonds. The van der Waals surface area contributed by atoms with Crippen molar-refractivity contribution in [2.75, 3.05) is 26.3 Å². The third kappa shape index (κ3) is 5.12. The van der Waals surface area contributed by atoms with Crippen molar-refractivity contribution in [3.63, 3.8) is 0 Å². The quantitative estimate of drug-likeness (QED) is 0.465. The van der Waals surface area contributed by atoms with Gasteiger partial charge in [-0.25, -0.2) is 4.21 Å². The number of nitrogens with one attached hydrogen (secondary N) is 1. The number of rotatable bonds is 5. The van der Waals surface area contributed by atoms with Gasteiger partial charge < -0.3 is 14.2 Å². The number of hydrogen-bond donors (Lipinski definition) is 1. The molecule has 1 saturated carbocycles. The van der Waals surface area contributed by atoms with Gasteiger partial charge in [0.1, 0.15) is 11.0 Å². The summed E-state index contributed by atoms with van der Waals surface area (Å²) in [5, 5.41) is 0.997. The second-order valence-corrected chi connectivity index (χ2v) is 13.5. The SMILES string of the molecule is CC(C)S(=O)NC(=O)c1ccc2c(C3CCCCC3)c3n(c2c1)CC(C(=O)N1CCOCC1)Cc1ccccc1-3. The summed E-state index contributed by atoms with van der Waals surface area (Å²) in [6.07, 6.45) is 6.71. The lowest BCUT2D eigenvalue weighted by atomic mass is 9.81. The van der Waals surface area contributed by atoms with Crippen LogP contribution in [0, 0.1) is 5.92 Å². The highest BCUT2D eigenvalue weighted by atomic mass is 32.2. The summed E-state index contributed by atoms with van der Waals surface area (Å²) in [4.78, 5) is 29.0. The number of carbonyl (C=O) groups is 2. The average Bonchev–Trinajstić information content (AvgIpc) is 3.19. The molecule has 1 aliphatic carbocycles. The minimum Gasteiger partial charge on any atom is -0.378 e. The molecule has 40 heavy (non-hydrogen) atoms. The Balaban J connectivity index is 1.51. The first-order chi connectivity index (χ1) is 19.4. The van der Waals surface area contributed by atoms with Crippen molar-refractivity contribution in [2.45, 2.75) is 70.1 Å². The predicted molar refractivity (Wildman–Crippen MR) is 159 cm³/mol.